The van der Waals surface area contributed by atoms with Crippen molar-refractivity contribution in [2.24, 2.45) is 5.41 Å². The molecule has 2 rings (SSSR count). The zero-order chi connectivity index (χ0) is 21.1. The van der Waals surface area contributed by atoms with Crippen molar-refractivity contribution in [3.05, 3.63) is 72.7 Å². The summed E-state index contributed by atoms with van der Waals surface area (Å²) in [5.41, 5.74) is 5.34. The fourth-order valence-corrected chi connectivity index (χ4v) is 3.78. The number of benzene rings is 1. The molecule has 1 aromatic carbocycles. The van der Waals surface area contributed by atoms with Crippen LogP contribution in [-0.2, 0) is 0 Å². The van der Waals surface area contributed by atoms with Crippen LogP contribution in [-0.4, -0.2) is 13.1 Å². The van der Waals surface area contributed by atoms with Crippen molar-refractivity contribution < 1.29 is 0 Å². The Bertz CT molecular complexity index is 708. The second-order valence-electron chi connectivity index (χ2n) is 8.08. The fraction of sp³-hybridized carbons (Fsp3) is 0.462. The van der Waals surface area contributed by atoms with Gasteiger partial charge < -0.3 is 16.0 Å². The van der Waals surface area contributed by atoms with Crippen LogP contribution >= 0.6 is 0 Å². The Balaban J connectivity index is 1.79. The third-order valence-electron chi connectivity index (χ3n) is 5.84. The molecule has 158 valence electrons. The summed E-state index contributed by atoms with van der Waals surface area (Å²) in [7, 11) is 0. The van der Waals surface area contributed by atoms with E-state index in [9.17, 15) is 0 Å². The minimum atomic E-state index is -0.0147. The van der Waals surface area contributed by atoms with Crippen molar-refractivity contribution in [3.63, 3.8) is 0 Å². The highest BCUT2D eigenvalue weighted by Crippen LogP contribution is 2.49. The maximum absolute atomic E-state index is 4.35. The standard InChI is InChI=1S/C26H39N3/c1-6-8-9-10-19-27-22(4)26(17-11-18-26)23(5)28-20-21(3)29-25-15-13-24(12-7-2)14-16-25/h7,12-16,27-29H,3-6,8-11,17-20H2,1-2H3/b12-7+. The van der Waals surface area contributed by atoms with Crippen molar-refractivity contribution in [2.45, 2.75) is 58.8 Å². The van der Waals surface area contributed by atoms with Gasteiger partial charge in [-0.05, 0) is 43.9 Å². The Morgan fingerprint density at radius 3 is 2.28 bits per heavy atom. The first-order valence-corrected chi connectivity index (χ1v) is 11.1. The minimum Gasteiger partial charge on any atom is -0.388 e. The van der Waals surface area contributed by atoms with E-state index in [0.29, 0.717) is 6.54 Å². The average Bonchev–Trinajstić information content (AvgIpc) is 2.67. The average molecular weight is 394 g/mol. The molecule has 1 aliphatic carbocycles. The van der Waals surface area contributed by atoms with E-state index in [1.807, 2.05) is 13.0 Å². The van der Waals surface area contributed by atoms with Crippen molar-refractivity contribution in [1.29, 1.82) is 0 Å². The Kier molecular flexibility index (Phi) is 9.11. The van der Waals surface area contributed by atoms with Gasteiger partial charge in [-0.25, -0.2) is 0 Å². The summed E-state index contributed by atoms with van der Waals surface area (Å²) in [5.74, 6) is 0. The first-order chi connectivity index (χ1) is 14.0. The number of rotatable bonds is 14. The Hall–Kier alpha value is -2.42. The SMILES string of the molecule is C=C(CNC(=C)C1(C(=C)NCCCCCC)CCC1)Nc1ccc(/C=C/C)cc1. The molecule has 0 bridgehead atoms. The minimum absolute atomic E-state index is 0.0147. The number of allylic oxidation sites excluding steroid dienone is 1. The van der Waals surface area contributed by atoms with Gasteiger partial charge in [0.05, 0.1) is 6.54 Å². The lowest BCUT2D eigenvalue weighted by atomic mass is 9.64. The van der Waals surface area contributed by atoms with E-state index in [1.54, 1.807) is 0 Å². The molecular weight excluding hydrogens is 354 g/mol. The predicted molar refractivity (Wildman–Crippen MR) is 129 cm³/mol. The van der Waals surface area contributed by atoms with Crippen LogP contribution in [0, 0.1) is 5.41 Å². The highest BCUT2D eigenvalue weighted by molar-refractivity contribution is 5.56. The lowest BCUT2D eigenvalue weighted by Gasteiger charge is -2.45. The molecule has 0 aliphatic heterocycles. The van der Waals surface area contributed by atoms with Gasteiger partial charge in [0.2, 0.25) is 0 Å². The molecule has 29 heavy (non-hydrogen) atoms. The largest absolute Gasteiger partial charge is 0.388 e. The summed E-state index contributed by atoms with van der Waals surface area (Å²) in [6, 6.07) is 8.35. The first-order valence-electron chi connectivity index (χ1n) is 11.1. The second-order valence-corrected chi connectivity index (χ2v) is 8.08. The summed E-state index contributed by atoms with van der Waals surface area (Å²) < 4.78 is 0. The molecule has 0 spiro atoms. The van der Waals surface area contributed by atoms with Crippen molar-refractivity contribution in [3.8, 4) is 0 Å². The van der Waals surface area contributed by atoms with Crippen LogP contribution < -0.4 is 16.0 Å². The van der Waals surface area contributed by atoms with Crippen LogP contribution in [0.3, 0.4) is 0 Å². The quantitative estimate of drug-likeness (QED) is 0.312. The van der Waals surface area contributed by atoms with Crippen molar-refractivity contribution in [1.82, 2.24) is 10.6 Å². The van der Waals surface area contributed by atoms with Crippen LogP contribution in [0.25, 0.3) is 6.08 Å². The summed E-state index contributed by atoms with van der Waals surface area (Å²) in [5, 5.41) is 10.4. The zero-order valence-electron chi connectivity index (χ0n) is 18.4. The highest BCUT2D eigenvalue weighted by Gasteiger charge is 2.42. The molecule has 0 unspecified atom stereocenters. The van der Waals surface area contributed by atoms with Gasteiger partial charge in [0, 0.05) is 34.7 Å². The number of hydrogen-bond acceptors (Lipinski definition) is 3. The highest BCUT2D eigenvalue weighted by atomic mass is 15.0. The summed E-state index contributed by atoms with van der Waals surface area (Å²) in [6.45, 7) is 18.8. The number of nitrogens with one attached hydrogen (secondary N) is 3. The van der Waals surface area contributed by atoms with Gasteiger partial charge in [-0.3, -0.25) is 0 Å². The second kappa shape index (κ2) is 11.5. The fourth-order valence-electron chi connectivity index (χ4n) is 3.78. The maximum Gasteiger partial charge on any atom is 0.0542 e. The predicted octanol–water partition coefficient (Wildman–Crippen LogP) is 6.60. The molecule has 3 nitrogen and oxygen atoms in total. The number of unbranched alkanes of at least 4 members (excludes halogenated alkanes) is 3. The van der Waals surface area contributed by atoms with E-state index in [0.717, 1.165) is 42.2 Å². The van der Waals surface area contributed by atoms with Gasteiger partial charge in [-0.2, -0.15) is 0 Å². The third-order valence-corrected chi connectivity index (χ3v) is 5.84. The molecule has 0 radical (unpaired) electrons. The van der Waals surface area contributed by atoms with E-state index in [1.165, 1.54) is 37.7 Å². The monoisotopic (exact) mass is 393 g/mol. The molecule has 3 heteroatoms. The summed E-state index contributed by atoms with van der Waals surface area (Å²) in [4.78, 5) is 0. The van der Waals surface area contributed by atoms with Crippen LogP contribution in [0.15, 0.2) is 67.2 Å². The van der Waals surface area contributed by atoms with Crippen LogP contribution in [0.1, 0.15) is 64.4 Å². The Morgan fingerprint density at radius 2 is 1.69 bits per heavy atom. The van der Waals surface area contributed by atoms with Crippen LogP contribution in [0.2, 0.25) is 0 Å². The molecule has 1 aliphatic rings. The van der Waals surface area contributed by atoms with Gasteiger partial charge >= 0.3 is 0 Å². The van der Waals surface area contributed by atoms with Crippen molar-refractivity contribution >= 4 is 11.8 Å². The Morgan fingerprint density at radius 1 is 1.00 bits per heavy atom. The lowest BCUT2D eigenvalue weighted by molar-refractivity contribution is 0.214. The molecular formula is C26H39N3. The lowest BCUT2D eigenvalue weighted by Crippen LogP contribution is -2.43. The molecule has 0 amide bonds. The molecule has 0 saturated heterocycles. The number of anilines is 1. The molecule has 0 atom stereocenters. The van der Waals surface area contributed by atoms with Gasteiger partial charge in [0.25, 0.3) is 0 Å². The first kappa shape index (κ1) is 22.9. The molecule has 1 fully saturated rings. The molecule has 1 aromatic rings. The van der Waals surface area contributed by atoms with E-state index < -0.39 is 0 Å². The maximum atomic E-state index is 4.35. The topological polar surface area (TPSA) is 36.1 Å². The van der Waals surface area contributed by atoms with Gasteiger partial charge in [-0.15, -0.1) is 0 Å². The molecule has 3 N–H and O–H groups in total. The van der Waals surface area contributed by atoms with Gasteiger partial charge in [0.15, 0.2) is 0 Å². The molecule has 0 aromatic heterocycles. The summed E-state index contributed by atoms with van der Waals surface area (Å²) >= 11 is 0. The third kappa shape index (κ3) is 6.56. The molecule has 0 heterocycles. The van der Waals surface area contributed by atoms with E-state index in [2.05, 4.69) is 73.0 Å². The van der Waals surface area contributed by atoms with E-state index in [-0.39, 0.29) is 5.41 Å². The smallest absolute Gasteiger partial charge is 0.0542 e. The van der Waals surface area contributed by atoms with E-state index in [4.69, 9.17) is 0 Å². The van der Waals surface area contributed by atoms with Crippen LogP contribution in [0.5, 0.6) is 0 Å². The van der Waals surface area contributed by atoms with E-state index >= 15 is 0 Å². The van der Waals surface area contributed by atoms with Gasteiger partial charge in [-0.1, -0.05) is 76.6 Å². The Labute approximate surface area is 178 Å². The van der Waals surface area contributed by atoms with Crippen molar-refractivity contribution in [2.75, 3.05) is 18.4 Å². The van der Waals surface area contributed by atoms with Gasteiger partial charge in [0.1, 0.15) is 0 Å². The van der Waals surface area contributed by atoms with Crippen LogP contribution in [0.4, 0.5) is 5.69 Å². The summed E-state index contributed by atoms with van der Waals surface area (Å²) in [6.07, 6.45) is 12.7. The molecule has 1 saturated carbocycles. The zero-order valence-corrected chi connectivity index (χ0v) is 18.4. The number of hydrogen-bond donors (Lipinski definition) is 3. The normalized spacial score (nSPS) is 14.8.